The van der Waals surface area contributed by atoms with Crippen molar-refractivity contribution in [2.24, 2.45) is 0 Å². The summed E-state index contributed by atoms with van der Waals surface area (Å²) in [6.45, 7) is 0. The van der Waals surface area contributed by atoms with Crippen LogP contribution in [0.2, 0.25) is 0 Å². The number of hydrogen-bond acceptors (Lipinski definition) is 3. The van der Waals surface area contributed by atoms with Crippen molar-refractivity contribution in [3.8, 4) is 17.0 Å². The van der Waals surface area contributed by atoms with E-state index in [1.54, 1.807) is 42.6 Å². The van der Waals surface area contributed by atoms with Gasteiger partial charge in [-0.25, -0.2) is 0 Å². The molecule has 0 aliphatic rings. The molecule has 74 valence electrons. The largest absolute Gasteiger partial charge is 0.506 e. The van der Waals surface area contributed by atoms with Crippen LogP contribution >= 0.6 is 0 Å². The first-order valence-corrected chi connectivity index (χ1v) is 4.51. The van der Waals surface area contributed by atoms with Gasteiger partial charge in [-0.3, -0.25) is 9.78 Å². The molecule has 2 rings (SSSR count). The minimum Gasteiger partial charge on any atom is -0.506 e. The molecule has 0 saturated carbocycles. The lowest BCUT2D eigenvalue weighted by atomic mass is 10.0. The van der Waals surface area contributed by atoms with Crippen molar-refractivity contribution in [1.29, 1.82) is 0 Å². The van der Waals surface area contributed by atoms with E-state index in [2.05, 4.69) is 4.98 Å². The number of aromatic hydroxyl groups is 1. The first kappa shape index (κ1) is 9.40. The lowest BCUT2D eigenvalue weighted by Gasteiger charge is -2.05. The van der Waals surface area contributed by atoms with Gasteiger partial charge in [0, 0.05) is 17.3 Å². The van der Waals surface area contributed by atoms with Crippen LogP contribution in [0.4, 0.5) is 0 Å². The Labute approximate surface area is 87.0 Å². The van der Waals surface area contributed by atoms with Crippen molar-refractivity contribution in [1.82, 2.24) is 4.98 Å². The van der Waals surface area contributed by atoms with Gasteiger partial charge in [0.25, 0.3) is 0 Å². The SMILES string of the molecule is O=Cc1ccccc1-c1ncccc1O. The number of aldehydes is 1. The van der Waals surface area contributed by atoms with Crippen molar-refractivity contribution in [2.45, 2.75) is 0 Å². The molecule has 1 N–H and O–H groups in total. The molecular formula is C12H9NO2. The Morgan fingerprint density at radius 1 is 1.13 bits per heavy atom. The van der Waals surface area contributed by atoms with Gasteiger partial charge in [0.15, 0.2) is 6.29 Å². The molecule has 0 aliphatic carbocycles. The molecule has 2 aromatic rings. The lowest BCUT2D eigenvalue weighted by molar-refractivity contribution is 0.112. The van der Waals surface area contributed by atoms with Crippen LogP contribution in [0, 0.1) is 0 Å². The molecule has 0 aliphatic heterocycles. The summed E-state index contributed by atoms with van der Waals surface area (Å²) < 4.78 is 0. The fraction of sp³-hybridized carbons (Fsp3) is 0. The van der Waals surface area contributed by atoms with Crippen molar-refractivity contribution in [3.63, 3.8) is 0 Å². The topological polar surface area (TPSA) is 50.2 Å². The van der Waals surface area contributed by atoms with Gasteiger partial charge in [-0.15, -0.1) is 0 Å². The maximum absolute atomic E-state index is 10.8. The number of nitrogens with zero attached hydrogens (tertiary/aromatic N) is 1. The van der Waals surface area contributed by atoms with Gasteiger partial charge in [0.1, 0.15) is 11.4 Å². The highest BCUT2D eigenvalue weighted by atomic mass is 16.3. The highest BCUT2D eigenvalue weighted by Gasteiger charge is 2.08. The van der Waals surface area contributed by atoms with Gasteiger partial charge in [-0.05, 0) is 12.1 Å². The molecule has 15 heavy (non-hydrogen) atoms. The molecule has 0 amide bonds. The predicted octanol–water partition coefficient (Wildman–Crippen LogP) is 2.27. The quantitative estimate of drug-likeness (QED) is 0.755. The van der Waals surface area contributed by atoms with E-state index < -0.39 is 0 Å². The van der Waals surface area contributed by atoms with Gasteiger partial charge in [-0.1, -0.05) is 24.3 Å². The summed E-state index contributed by atoms with van der Waals surface area (Å²) >= 11 is 0. The van der Waals surface area contributed by atoms with Gasteiger partial charge in [0.05, 0.1) is 0 Å². The molecule has 0 atom stereocenters. The second kappa shape index (κ2) is 3.92. The second-order valence-electron chi connectivity index (χ2n) is 3.08. The molecule has 1 heterocycles. The minimum atomic E-state index is 0.0757. The molecule has 3 nitrogen and oxygen atoms in total. The Balaban J connectivity index is 2.64. The first-order chi connectivity index (χ1) is 7.33. The van der Waals surface area contributed by atoms with E-state index in [4.69, 9.17) is 0 Å². The molecule has 0 radical (unpaired) electrons. The molecule has 3 heteroatoms. The number of benzene rings is 1. The Hall–Kier alpha value is -2.16. The fourth-order valence-electron chi connectivity index (χ4n) is 1.42. The summed E-state index contributed by atoms with van der Waals surface area (Å²) in [6, 6.07) is 10.2. The fourth-order valence-corrected chi connectivity index (χ4v) is 1.42. The standard InChI is InChI=1S/C12H9NO2/c14-8-9-4-1-2-5-10(9)12-11(15)6-3-7-13-12/h1-8,15H. The zero-order valence-corrected chi connectivity index (χ0v) is 7.92. The number of carbonyl (C=O) groups excluding carboxylic acids is 1. The monoisotopic (exact) mass is 199 g/mol. The predicted molar refractivity (Wildman–Crippen MR) is 56.7 cm³/mol. The first-order valence-electron chi connectivity index (χ1n) is 4.51. The summed E-state index contributed by atoms with van der Waals surface area (Å²) in [4.78, 5) is 14.9. The van der Waals surface area contributed by atoms with Crippen LogP contribution < -0.4 is 0 Å². The van der Waals surface area contributed by atoms with Crippen molar-refractivity contribution in [2.75, 3.05) is 0 Å². The number of rotatable bonds is 2. The molecular weight excluding hydrogens is 190 g/mol. The summed E-state index contributed by atoms with van der Waals surface area (Å²) in [7, 11) is 0. The third-order valence-corrected chi connectivity index (χ3v) is 2.13. The van der Waals surface area contributed by atoms with Gasteiger partial charge >= 0.3 is 0 Å². The third-order valence-electron chi connectivity index (χ3n) is 2.13. The maximum atomic E-state index is 10.8. The third kappa shape index (κ3) is 1.72. The van der Waals surface area contributed by atoms with Crippen LogP contribution in [0.25, 0.3) is 11.3 Å². The lowest BCUT2D eigenvalue weighted by Crippen LogP contribution is -1.89. The zero-order chi connectivity index (χ0) is 10.7. The van der Waals surface area contributed by atoms with Crippen LogP contribution in [0.15, 0.2) is 42.6 Å². The summed E-state index contributed by atoms with van der Waals surface area (Å²) in [6.07, 6.45) is 2.33. The molecule has 0 saturated heterocycles. The normalized spacial score (nSPS) is 9.87. The average Bonchev–Trinajstić information content (AvgIpc) is 2.30. The maximum Gasteiger partial charge on any atom is 0.150 e. The van der Waals surface area contributed by atoms with E-state index in [1.165, 1.54) is 0 Å². The van der Waals surface area contributed by atoms with Crippen LogP contribution in [0.5, 0.6) is 5.75 Å². The van der Waals surface area contributed by atoms with Gasteiger partial charge < -0.3 is 5.11 Å². The van der Waals surface area contributed by atoms with Crippen LogP contribution in [-0.4, -0.2) is 16.4 Å². The van der Waals surface area contributed by atoms with Crippen LogP contribution in [-0.2, 0) is 0 Å². The van der Waals surface area contributed by atoms with E-state index >= 15 is 0 Å². The summed E-state index contributed by atoms with van der Waals surface area (Å²) in [5.41, 5.74) is 1.59. The van der Waals surface area contributed by atoms with Crippen molar-refractivity contribution in [3.05, 3.63) is 48.2 Å². The number of pyridine rings is 1. The minimum absolute atomic E-state index is 0.0757. The highest BCUT2D eigenvalue weighted by molar-refractivity contribution is 5.87. The molecule has 1 aromatic heterocycles. The van der Waals surface area contributed by atoms with Crippen molar-refractivity contribution < 1.29 is 9.90 Å². The van der Waals surface area contributed by atoms with E-state index in [0.717, 1.165) is 6.29 Å². The Bertz CT molecular complexity index is 494. The van der Waals surface area contributed by atoms with Gasteiger partial charge in [-0.2, -0.15) is 0 Å². The molecule has 0 unspecified atom stereocenters. The smallest absolute Gasteiger partial charge is 0.150 e. The Kier molecular flexibility index (Phi) is 2.46. The molecule has 0 spiro atoms. The number of hydrogen-bond donors (Lipinski definition) is 1. The van der Waals surface area contributed by atoms with E-state index in [1.807, 2.05) is 0 Å². The van der Waals surface area contributed by atoms with Crippen LogP contribution in [0.1, 0.15) is 10.4 Å². The Morgan fingerprint density at radius 2 is 1.93 bits per heavy atom. The van der Waals surface area contributed by atoms with E-state index in [9.17, 15) is 9.90 Å². The highest BCUT2D eigenvalue weighted by Crippen LogP contribution is 2.27. The second-order valence-corrected chi connectivity index (χ2v) is 3.08. The van der Waals surface area contributed by atoms with Crippen molar-refractivity contribution >= 4 is 6.29 Å². The number of carbonyl (C=O) groups is 1. The summed E-state index contributed by atoms with van der Waals surface area (Å²) in [5.74, 6) is 0.0757. The molecule has 0 fully saturated rings. The van der Waals surface area contributed by atoms with Crippen LogP contribution in [0.3, 0.4) is 0 Å². The summed E-state index contributed by atoms with van der Waals surface area (Å²) in [5, 5.41) is 9.61. The van der Waals surface area contributed by atoms with E-state index in [0.29, 0.717) is 16.8 Å². The Morgan fingerprint density at radius 3 is 2.67 bits per heavy atom. The molecule has 0 bridgehead atoms. The zero-order valence-electron chi connectivity index (χ0n) is 7.92. The van der Waals surface area contributed by atoms with Gasteiger partial charge in [0.2, 0.25) is 0 Å². The average molecular weight is 199 g/mol. The molecule has 1 aromatic carbocycles. The van der Waals surface area contributed by atoms with E-state index in [-0.39, 0.29) is 5.75 Å². The number of aromatic nitrogens is 1.